The molecule has 3 N–H and O–H groups in total. The van der Waals surface area contributed by atoms with Gasteiger partial charge in [0.1, 0.15) is 0 Å². The lowest BCUT2D eigenvalue weighted by Crippen LogP contribution is -2.24. The molecule has 0 saturated heterocycles. The summed E-state index contributed by atoms with van der Waals surface area (Å²) >= 11 is 0. The van der Waals surface area contributed by atoms with Crippen LogP contribution in [0.5, 0.6) is 0 Å². The van der Waals surface area contributed by atoms with Gasteiger partial charge in [0.25, 0.3) is 0 Å². The highest BCUT2D eigenvalue weighted by molar-refractivity contribution is 5.86. The van der Waals surface area contributed by atoms with E-state index in [1.165, 1.54) is 0 Å². The molecule has 0 bridgehead atoms. The third kappa shape index (κ3) is 3.69. The molecular weight excluding hydrogens is 318 g/mol. The van der Waals surface area contributed by atoms with Crippen LogP contribution in [0.3, 0.4) is 0 Å². The Morgan fingerprint density at radius 1 is 1.20 bits per heavy atom. The van der Waals surface area contributed by atoms with E-state index in [-0.39, 0.29) is 18.7 Å². The van der Waals surface area contributed by atoms with Crippen LogP contribution in [0, 0.1) is 0 Å². The Bertz CT molecular complexity index is 828. The maximum Gasteiger partial charge on any atom is 0.227 e. The number of hydrogen-bond donors (Lipinski definition) is 3. The van der Waals surface area contributed by atoms with Gasteiger partial charge in [-0.3, -0.25) is 4.98 Å². The summed E-state index contributed by atoms with van der Waals surface area (Å²) in [6, 6.07) is 3.86. The Labute approximate surface area is 146 Å². The smallest absolute Gasteiger partial charge is 0.227 e. The summed E-state index contributed by atoms with van der Waals surface area (Å²) in [5.74, 6) is 1.08. The summed E-state index contributed by atoms with van der Waals surface area (Å²) in [7, 11) is 0. The maximum absolute atomic E-state index is 9.45. The summed E-state index contributed by atoms with van der Waals surface area (Å²) in [4.78, 5) is 17.7. The van der Waals surface area contributed by atoms with Crippen molar-refractivity contribution < 1.29 is 5.11 Å². The summed E-state index contributed by atoms with van der Waals surface area (Å²) in [6.07, 6.45) is 5.97. The highest BCUT2D eigenvalue weighted by atomic mass is 16.3. The topological polar surface area (TPSA) is 101 Å². The molecule has 0 radical (unpaired) electrons. The molecular formula is C17H23N7O. The highest BCUT2D eigenvalue weighted by Gasteiger charge is 2.16. The average Bonchev–Trinajstić information content (AvgIpc) is 3.05. The van der Waals surface area contributed by atoms with Crippen LogP contribution in [0.15, 0.2) is 30.9 Å². The van der Waals surface area contributed by atoms with Crippen LogP contribution < -0.4 is 10.6 Å². The highest BCUT2D eigenvalue weighted by Crippen LogP contribution is 2.26. The molecule has 132 valence electrons. The SMILES string of the molecule is CC[C@@H](CO)Nc1nc(Nc2ccncc2)c2ncn(C(C)C)c2n1. The van der Waals surface area contributed by atoms with Crippen LogP contribution in [0.1, 0.15) is 33.2 Å². The van der Waals surface area contributed by atoms with Crippen LogP contribution in [-0.4, -0.2) is 42.3 Å². The number of aliphatic hydroxyl groups excluding tert-OH is 1. The molecule has 1 atom stereocenters. The quantitative estimate of drug-likeness (QED) is 0.607. The van der Waals surface area contributed by atoms with E-state index in [1.54, 1.807) is 18.7 Å². The van der Waals surface area contributed by atoms with Crippen LogP contribution in [-0.2, 0) is 0 Å². The van der Waals surface area contributed by atoms with Crippen molar-refractivity contribution in [1.82, 2.24) is 24.5 Å². The summed E-state index contributed by atoms with van der Waals surface area (Å²) < 4.78 is 2.00. The number of nitrogens with zero attached hydrogens (tertiary/aromatic N) is 5. The van der Waals surface area contributed by atoms with E-state index in [9.17, 15) is 5.11 Å². The van der Waals surface area contributed by atoms with Gasteiger partial charge >= 0.3 is 0 Å². The van der Waals surface area contributed by atoms with Crippen molar-refractivity contribution >= 4 is 28.6 Å². The van der Waals surface area contributed by atoms with Crippen molar-refractivity contribution in [1.29, 1.82) is 0 Å². The normalized spacial score (nSPS) is 12.5. The largest absolute Gasteiger partial charge is 0.394 e. The van der Waals surface area contributed by atoms with Crippen molar-refractivity contribution in [3.05, 3.63) is 30.9 Å². The molecule has 0 aliphatic carbocycles. The molecule has 25 heavy (non-hydrogen) atoms. The Kier molecular flexibility index (Phi) is 5.08. The van der Waals surface area contributed by atoms with Gasteiger partial charge in [-0.1, -0.05) is 6.92 Å². The number of rotatable bonds is 7. The molecule has 0 unspecified atom stereocenters. The van der Waals surface area contributed by atoms with Crippen molar-refractivity contribution in [3.8, 4) is 0 Å². The second-order valence-electron chi connectivity index (χ2n) is 6.11. The fourth-order valence-electron chi connectivity index (χ4n) is 2.48. The zero-order chi connectivity index (χ0) is 17.8. The summed E-state index contributed by atoms with van der Waals surface area (Å²) in [6.45, 7) is 6.18. The monoisotopic (exact) mass is 341 g/mol. The molecule has 3 aromatic heterocycles. The number of aliphatic hydroxyl groups is 1. The van der Waals surface area contributed by atoms with Crippen LogP contribution in [0.2, 0.25) is 0 Å². The van der Waals surface area contributed by atoms with Gasteiger partial charge in [0.05, 0.1) is 19.0 Å². The Balaban J connectivity index is 2.06. The van der Waals surface area contributed by atoms with Gasteiger partial charge in [0.2, 0.25) is 5.95 Å². The molecule has 0 fully saturated rings. The molecule has 0 aliphatic heterocycles. The first-order chi connectivity index (χ1) is 12.1. The number of fused-ring (bicyclic) bond motifs is 1. The maximum atomic E-state index is 9.45. The Morgan fingerprint density at radius 3 is 2.60 bits per heavy atom. The second-order valence-corrected chi connectivity index (χ2v) is 6.11. The Hall–Kier alpha value is -2.74. The van der Waals surface area contributed by atoms with Crippen molar-refractivity contribution in [2.24, 2.45) is 0 Å². The predicted molar refractivity (Wildman–Crippen MR) is 98.0 cm³/mol. The lowest BCUT2D eigenvalue weighted by atomic mass is 10.2. The minimum Gasteiger partial charge on any atom is -0.394 e. The minimum atomic E-state index is -0.0957. The fourth-order valence-corrected chi connectivity index (χ4v) is 2.48. The standard InChI is InChI=1S/C17H23N7O/c1-4-12(9-25)21-17-22-15(20-13-5-7-18-8-6-13)14-16(23-17)24(10-19-14)11(2)3/h5-8,10-12,25H,4,9H2,1-3H3,(H2,18,20,21,22,23)/t12-/m0/s1. The van der Waals surface area contributed by atoms with Crippen LogP contribution >= 0.6 is 0 Å². The van der Waals surface area contributed by atoms with Crippen LogP contribution in [0.25, 0.3) is 11.2 Å². The van der Waals surface area contributed by atoms with E-state index in [0.29, 0.717) is 17.3 Å². The molecule has 3 rings (SSSR count). The molecule has 8 nitrogen and oxygen atoms in total. The number of pyridine rings is 1. The molecule has 0 amide bonds. The van der Waals surface area contributed by atoms with Gasteiger partial charge in [-0.15, -0.1) is 0 Å². The van der Waals surface area contributed by atoms with Gasteiger partial charge in [0.15, 0.2) is 17.0 Å². The van der Waals surface area contributed by atoms with Gasteiger partial charge in [0, 0.05) is 24.1 Å². The first-order valence-electron chi connectivity index (χ1n) is 8.41. The first-order valence-corrected chi connectivity index (χ1v) is 8.41. The van der Waals surface area contributed by atoms with Gasteiger partial charge in [-0.05, 0) is 32.4 Å². The van der Waals surface area contributed by atoms with E-state index in [0.717, 1.165) is 17.8 Å². The molecule has 0 saturated carbocycles. The zero-order valence-electron chi connectivity index (χ0n) is 14.6. The fraction of sp³-hybridized carbons (Fsp3) is 0.412. The molecule has 3 aromatic rings. The van der Waals surface area contributed by atoms with E-state index < -0.39 is 0 Å². The molecule has 3 heterocycles. The van der Waals surface area contributed by atoms with E-state index in [2.05, 4.69) is 44.4 Å². The predicted octanol–water partition coefficient (Wildman–Crippen LogP) is 2.73. The second kappa shape index (κ2) is 7.43. The number of imidazole rings is 1. The van der Waals surface area contributed by atoms with Crippen molar-refractivity contribution in [2.75, 3.05) is 17.2 Å². The molecule has 0 spiro atoms. The number of aromatic nitrogens is 5. The number of hydrogen-bond acceptors (Lipinski definition) is 7. The first kappa shape index (κ1) is 17.1. The van der Waals surface area contributed by atoms with Crippen molar-refractivity contribution in [3.63, 3.8) is 0 Å². The minimum absolute atomic E-state index is 0.0223. The third-order valence-electron chi connectivity index (χ3n) is 3.97. The van der Waals surface area contributed by atoms with Gasteiger partial charge in [-0.25, -0.2) is 4.98 Å². The molecule has 0 aliphatic rings. The lowest BCUT2D eigenvalue weighted by molar-refractivity contribution is 0.271. The van der Waals surface area contributed by atoms with Crippen LogP contribution in [0.4, 0.5) is 17.5 Å². The zero-order valence-corrected chi connectivity index (χ0v) is 14.6. The lowest BCUT2D eigenvalue weighted by Gasteiger charge is -2.16. The average molecular weight is 341 g/mol. The summed E-state index contributed by atoms with van der Waals surface area (Å²) in [5.41, 5.74) is 2.32. The number of anilines is 3. The van der Waals surface area contributed by atoms with Gasteiger partial charge in [-0.2, -0.15) is 9.97 Å². The van der Waals surface area contributed by atoms with E-state index in [4.69, 9.17) is 0 Å². The van der Waals surface area contributed by atoms with Gasteiger partial charge < -0.3 is 20.3 Å². The summed E-state index contributed by atoms with van der Waals surface area (Å²) in [5, 5.41) is 15.9. The van der Waals surface area contributed by atoms with E-state index >= 15 is 0 Å². The third-order valence-corrected chi connectivity index (χ3v) is 3.97. The number of nitrogens with one attached hydrogen (secondary N) is 2. The van der Waals surface area contributed by atoms with E-state index in [1.807, 2.05) is 23.6 Å². The molecule has 8 heteroatoms. The van der Waals surface area contributed by atoms with Crippen molar-refractivity contribution in [2.45, 2.75) is 39.3 Å². The molecule has 0 aromatic carbocycles. The Morgan fingerprint density at radius 2 is 1.96 bits per heavy atom.